The topological polar surface area (TPSA) is 23.5 Å². The molecule has 3 aromatic carbocycles. The van der Waals surface area contributed by atoms with Gasteiger partial charge in [-0.2, -0.15) is 0 Å². The number of rotatable bonds is 7. The van der Waals surface area contributed by atoms with Gasteiger partial charge in [-0.05, 0) is 71.4 Å². The monoisotopic (exact) mass is 451 g/mol. The summed E-state index contributed by atoms with van der Waals surface area (Å²) in [6.45, 7) is 2.82. The number of halogens is 2. The number of hydrogen-bond acceptors (Lipinski definition) is 2. The number of aliphatic hydroxyl groups is 1. The van der Waals surface area contributed by atoms with E-state index in [1.807, 2.05) is 36.4 Å². The van der Waals surface area contributed by atoms with Crippen molar-refractivity contribution < 1.29 is 5.11 Å². The van der Waals surface area contributed by atoms with Gasteiger partial charge in [0.1, 0.15) is 0 Å². The van der Waals surface area contributed by atoms with E-state index < -0.39 is 6.10 Å². The summed E-state index contributed by atoms with van der Waals surface area (Å²) in [7, 11) is 0. The molecule has 0 radical (unpaired) electrons. The molecule has 160 valence electrons. The Morgan fingerprint density at radius 2 is 1.39 bits per heavy atom. The van der Waals surface area contributed by atoms with Crippen LogP contribution in [0, 0.1) is 0 Å². The van der Waals surface area contributed by atoms with E-state index in [1.165, 1.54) is 22.3 Å². The van der Waals surface area contributed by atoms with Gasteiger partial charge in [0.05, 0.1) is 6.10 Å². The molecule has 1 N–H and O–H groups in total. The molecular weight excluding hydrogens is 425 g/mol. The van der Waals surface area contributed by atoms with Crippen LogP contribution in [0.4, 0.5) is 0 Å². The fraction of sp³-hybridized carbons (Fsp3) is 0.259. The van der Waals surface area contributed by atoms with Gasteiger partial charge in [-0.3, -0.25) is 4.90 Å². The SMILES string of the molecule is OC(CCN1CC=C(c2ccc(Cl)cc2)CC1)c1ccc(Cc2ccc(Cl)cc2)cc1. The van der Waals surface area contributed by atoms with Crippen LogP contribution in [0.15, 0.2) is 78.9 Å². The summed E-state index contributed by atoms with van der Waals surface area (Å²) in [5, 5.41) is 12.2. The Hall–Kier alpha value is -2.10. The van der Waals surface area contributed by atoms with Crippen LogP contribution in [0.2, 0.25) is 10.0 Å². The van der Waals surface area contributed by atoms with Crippen LogP contribution in [-0.4, -0.2) is 29.6 Å². The highest BCUT2D eigenvalue weighted by atomic mass is 35.5. The quantitative estimate of drug-likeness (QED) is 0.426. The number of aliphatic hydroxyl groups excluding tert-OH is 1. The molecule has 1 atom stereocenters. The molecule has 0 amide bonds. The summed E-state index contributed by atoms with van der Waals surface area (Å²) in [6.07, 6.45) is 4.48. The van der Waals surface area contributed by atoms with E-state index >= 15 is 0 Å². The Balaban J connectivity index is 1.26. The molecule has 2 nitrogen and oxygen atoms in total. The van der Waals surface area contributed by atoms with E-state index in [2.05, 4.69) is 47.4 Å². The highest BCUT2D eigenvalue weighted by molar-refractivity contribution is 6.30. The van der Waals surface area contributed by atoms with Crippen molar-refractivity contribution in [2.24, 2.45) is 0 Å². The lowest BCUT2D eigenvalue weighted by atomic mass is 9.98. The summed E-state index contributed by atoms with van der Waals surface area (Å²) in [5.74, 6) is 0. The first kappa shape index (κ1) is 22.1. The van der Waals surface area contributed by atoms with E-state index in [4.69, 9.17) is 23.2 Å². The van der Waals surface area contributed by atoms with Crippen LogP contribution < -0.4 is 0 Å². The summed E-state index contributed by atoms with van der Waals surface area (Å²) in [6, 6.07) is 24.3. The Morgan fingerprint density at radius 1 is 0.806 bits per heavy atom. The Morgan fingerprint density at radius 3 is 1.97 bits per heavy atom. The zero-order chi connectivity index (χ0) is 21.6. The van der Waals surface area contributed by atoms with Crippen LogP contribution in [0.5, 0.6) is 0 Å². The lowest BCUT2D eigenvalue weighted by molar-refractivity contribution is 0.145. The first-order valence-corrected chi connectivity index (χ1v) is 11.5. The lowest BCUT2D eigenvalue weighted by Crippen LogP contribution is -2.30. The van der Waals surface area contributed by atoms with Gasteiger partial charge in [0.2, 0.25) is 0 Å². The summed E-state index contributed by atoms with van der Waals surface area (Å²) in [4.78, 5) is 2.40. The van der Waals surface area contributed by atoms with Gasteiger partial charge in [0.25, 0.3) is 0 Å². The first-order valence-electron chi connectivity index (χ1n) is 10.8. The molecule has 4 heteroatoms. The minimum atomic E-state index is -0.439. The van der Waals surface area contributed by atoms with Crippen LogP contribution in [-0.2, 0) is 6.42 Å². The fourth-order valence-corrected chi connectivity index (χ4v) is 4.26. The second kappa shape index (κ2) is 10.5. The molecule has 0 aliphatic carbocycles. The highest BCUT2D eigenvalue weighted by Gasteiger charge is 2.15. The maximum absolute atomic E-state index is 10.6. The average Bonchev–Trinajstić information content (AvgIpc) is 2.80. The van der Waals surface area contributed by atoms with Gasteiger partial charge in [0.15, 0.2) is 0 Å². The summed E-state index contributed by atoms with van der Waals surface area (Å²) in [5.41, 5.74) is 6.07. The minimum absolute atomic E-state index is 0.439. The maximum atomic E-state index is 10.6. The van der Waals surface area contributed by atoms with Crippen molar-refractivity contribution in [1.82, 2.24) is 4.90 Å². The Kier molecular flexibility index (Phi) is 7.47. The highest BCUT2D eigenvalue weighted by Crippen LogP contribution is 2.25. The molecule has 31 heavy (non-hydrogen) atoms. The fourth-order valence-electron chi connectivity index (χ4n) is 4.01. The molecule has 1 aliphatic heterocycles. The van der Waals surface area contributed by atoms with Gasteiger partial charge >= 0.3 is 0 Å². The smallest absolute Gasteiger partial charge is 0.0802 e. The van der Waals surface area contributed by atoms with Gasteiger partial charge < -0.3 is 5.11 Å². The third-order valence-corrected chi connectivity index (χ3v) is 6.42. The number of nitrogens with zero attached hydrogens (tertiary/aromatic N) is 1. The van der Waals surface area contributed by atoms with Crippen molar-refractivity contribution in [3.05, 3.63) is 111 Å². The zero-order valence-electron chi connectivity index (χ0n) is 17.5. The molecule has 1 aliphatic rings. The molecule has 0 fully saturated rings. The van der Waals surface area contributed by atoms with Crippen LogP contribution in [0.1, 0.15) is 41.2 Å². The molecule has 3 aromatic rings. The van der Waals surface area contributed by atoms with Crippen molar-refractivity contribution in [3.8, 4) is 0 Å². The van der Waals surface area contributed by atoms with E-state index in [-0.39, 0.29) is 0 Å². The van der Waals surface area contributed by atoms with Crippen LogP contribution in [0.3, 0.4) is 0 Å². The second-order valence-corrected chi connectivity index (χ2v) is 9.01. The van der Waals surface area contributed by atoms with Gasteiger partial charge in [-0.15, -0.1) is 0 Å². The van der Waals surface area contributed by atoms with E-state index in [0.717, 1.165) is 54.5 Å². The van der Waals surface area contributed by atoms with E-state index in [0.29, 0.717) is 0 Å². The molecule has 0 saturated heterocycles. The normalized spacial score (nSPS) is 15.5. The molecule has 0 bridgehead atoms. The van der Waals surface area contributed by atoms with E-state index in [1.54, 1.807) is 0 Å². The van der Waals surface area contributed by atoms with Gasteiger partial charge in [0, 0.05) is 29.7 Å². The summed E-state index contributed by atoms with van der Waals surface area (Å²) >= 11 is 11.9. The average molecular weight is 452 g/mol. The molecule has 4 rings (SSSR count). The van der Waals surface area contributed by atoms with Crippen molar-refractivity contribution in [2.45, 2.75) is 25.4 Å². The Bertz CT molecular complexity index is 1010. The largest absolute Gasteiger partial charge is 0.388 e. The molecule has 0 saturated carbocycles. The van der Waals surface area contributed by atoms with Gasteiger partial charge in [-0.25, -0.2) is 0 Å². The molecule has 0 aromatic heterocycles. The second-order valence-electron chi connectivity index (χ2n) is 8.14. The molecule has 0 spiro atoms. The third-order valence-electron chi connectivity index (χ3n) is 5.91. The lowest BCUT2D eigenvalue weighted by Gasteiger charge is -2.27. The van der Waals surface area contributed by atoms with Crippen LogP contribution >= 0.6 is 23.2 Å². The molecular formula is C27H27Cl2NO. The predicted octanol–water partition coefficient (Wildman–Crippen LogP) is 6.80. The minimum Gasteiger partial charge on any atom is -0.388 e. The third kappa shape index (κ3) is 6.21. The van der Waals surface area contributed by atoms with Crippen molar-refractivity contribution >= 4 is 28.8 Å². The first-order chi connectivity index (χ1) is 15.1. The Labute approximate surface area is 194 Å². The molecule has 1 heterocycles. The summed E-state index contributed by atoms with van der Waals surface area (Å²) < 4.78 is 0. The number of hydrogen-bond donors (Lipinski definition) is 1. The van der Waals surface area contributed by atoms with Crippen LogP contribution in [0.25, 0.3) is 5.57 Å². The predicted molar refractivity (Wildman–Crippen MR) is 131 cm³/mol. The van der Waals surface area contributed by atoms with Crippen molar-refractivity contribution in [1.29, 1.82) is 0 Å². The van der Waals surface area contributed by atoms with Crippen molar-refractivity contribution in [2.75, 3.05) is 19.6 Å². The van der Waals surface area contributed by atoms with Crippen molar-refractivity contribution in [3.63, 3.8) is 0 Å². The maximum Gasteiger partial charge on any atom is 0.0802 e. The molecule has 1 unspecified atom stereocenters. The van der Waals surface area contributed by atoms with Gasteiger partial charge in [-0.1, -0.05) is 77.8 Å². The standard InChI is InChI=1S/C27H27Cl2NO/c28-25-9-3-21(4-10-25)19-20-1-5-24(6-2-20)27(31)15-18-30-16-13-23(14-17-30)22-7-11-26(29)12-8-22/h1-13,27,31H,14-19H2. The van der Waals surface area contributed by atoms with E-state index in [9.17, 15) is 5.11 Å². The zero-order valence-corrected chi connectivity index (χ0v) is 19.0. The number of benzene rings is 3.